The first-order valence-corrected chi connectivity index (χ1v) is 12.5. The van der Waals surface area contributed by atoms with Crippen LogP contribution in [0.15, 0.2) is 54.6 Å². The summed E-state index contributed by atoms with van der Waals surface area (Å²) in [5.41, 5.74) is -0.351. The van der Waals surface area contributed by atoms with Crippen LogP contribution in [0.2, 0.25) is 0 Å². The first-order valence-electron chi connectivity index (χ1n) is 12.5. The quantitative estimate of drug-likeness (QED) is 0.119. The highest BCUT2D eigenvalue weighted by Gasteiger charge is 2.20. The third kappa shape index (κ3) is 7.47. The van der Waals surface area contributed by atoms with Crippen LogP contribution in [0.3, 0.4) is 0 Å². The third-order valence-electron chi connectivity index (χ3n) is 6.14. The summed E-state index contributed by atoms with van der Waals surface area (Å²) in [7, 11) is 0. The van der Waals surface area contributed by atoms with Crippen LogP contribution in [-0.4, -0.2) is 67.5 Å². The molecule has 3 amide bonds. The van der Waals surface area contributed by atoms with E-state index in [-0.39, 0.29) is 29.8 Å². The summed E-state index contributed by atoms with van der Waals surface area (Å²) in [4.78, 5) is 37.6. The van der Waals surface area contributed by atoms with Crippen molar-refractivity contribution in [3.63, 3.8) is 0 Å². The highest BCUT2D eigenvalue weighted by Crippen LogP contribution is 2.30. The van der Waals surface area contributed by atoms with Gasteiger partial charge in [-0.05, 0) is 49.2 Å². The van der Waals surface area contributed by atoms with Gasteiger partial charge >= 0.3 is 0 Å². The van der Waals surface area contributed by atoms with Gasteiger partial charge in [0.15, 0.2) is 34.5 Å². The smallest absolute Gasteiger partial charge is 0.255 e. The maximum Gasteiger partial charge on any atom is 0.255 e. The summed E-state index contributed by atoms with van der Waals surface area (Å²) in [5.74, 6) is -4.86. The zero-order chi connectivity index (χ0) is 29.2. The number of benzene rings is 3. The average Bonchev–Trinajstić information content (AvgIpc) is 2.93. The molecule has 0 fully saturated rings. The Bertz CT molecular complexity index is 1380. The van der Waals surface area contributed by atoms with Crippen molar-refractivity contribution in [3.05, 3.63) is 71.3 Å². The minimum absolute atomic E-state index is 0.0488. The van der Waals surface area contributed by atoms with Crippen LogP contribution in [0, 0.1) is 0 Å². The molecule has 9 N–H and O–H groups in total. The second-order valence-electron chi connectivity index (χ2n) is 9.01. The Kier molecular flexibility index (Phi) is 10.0. The van der Waals surface area contributed by atoms with Crippen LogP contribution < -0.4 is 16.0 Å². The van der Waals surface area contributed by atoms with E-state index in [4.69, 9.17) is 0 Å². The predicted molar refractivity (Wildman–Crippen MR) is 144 cm³/mol. The lowest BCUT2D eigenvalue weighted by Crippen LogP contribution is -2.43. The number of rotatable bonds is 12. The monoisotopic (exact) mass is 553 g/mol. The molecule has 12 nitrogen and oxygen atoms in total. The number of carbonyl (C=O) groups excluding carboxylic acids is 3. The van der Waals surface area contributed by atoms with Gasteiger partial charge in [-0.2, -0.15) is 0 Å². The molecule has 40 heavy (non-hydrogen) atoms. The van der Waals surface area contributed by atoms with Crippen LogP contribution in [0.25, 0.3) is 0 Å². The van der Waals surface area contributed by atoms with Crippen molar-refractivity contribution in [1.29, 1.82) is 0 Å². The van der Waals surface area contributed by atoms with E-state index in [0.29, 0.717) is 25.7 Å². The molecule has 0 aromatic heterocycles. The van der Waals surface area contributed by atoms with Crippen molar-refractivity contribution >= 4 is 17.7 Å². The second kappa shape index (κ2) is 13.6. The Morgan fingerprint density at radius 3 is 1.52 bits per heavy atom. The maximum atomic E-state index is 12.8. The molecule has 0 aliphatic heterocycles. The van der Waals surface area contributed by atoms with Gasteiger partial charge < -0.3 is 46.6 Å². The van der Waals surface area contributed by atoms with Gasteiger partial charge in [0.05, 0.1) is 16.7 Å². The average molecular weight is 554 g/mol. The van der Waals surface area contributed by atoms with Gasteiger partial charge in [0.1, 0.15) is 0 Å². The van der Waals surface area contributed by atoms with Crippen molar-refractivity contribution in [1.82, 2.24) is 16.0 Å². The van der Waals surface area contributed by atoms with E-state index in [1.807, 2.05) is 0 Å². The van der Waals surface area contributed by atoms with Crippen LogP contribution in [0.1, 0.15) is 56.8 Å². The Morgan fingerprint density at radius 1 is 0.575 bits per heavy atom. The molecular weight excluding hydrogens is 522 g/mol. The number of phenols is 6. The molecule has 3 aromatic carbocycles. The first kappa shape index (κ1) is 29.4. The van der Waals surface area contributed by atoms with Crippen LogP contribution >= 0.6 is 0 Å². The number of aromatic hydroxyl groups is 6. The number of carbonyl (C=O) groups is 3. The molecule has 0 spiro atoms. The number of amides is 3. The van der Waals surface area contributed by atoms with Gasteiger partial charge in [0.2, 0.25) is 0 Å². The highest BCUT2D eigenvalue weighted by molar-refractivity contribution is 5.99. The van der Waals surface area contributed by atoms with Gasteiger partial charge in [-0.1, -0.05) is 31.0 Å². The zero-order valence-electron chi connectivity index (χ0n) is 21.4. The molecule has 212 valence electrons. The Morgan fingerprint density at radius 2 is 1.02 bits per heavy atom. The molecule has 3 rings (SSSR count). The van der Waals surface area contributed by atoms with Crippen molar-refractivity contribution in [2.24, 2.45) is 0 Å². The van der Waals surface area contributed by atoms with Gasteiger partial charge in [-0.25, -0.2) is 0 Å². The summed E-state index contributed by atoms with van der Waals surface area (Å²) in [6.07, 6.45) is 2.14. The van der Waals surface area contributed by atoms with Crippen LogP contribution in [0.4, 0.5) is 0 Å². The standard InChI is InChI=1S/C28H31N3O9/c32-20-11-4-8-17(23(20)35)26(38)29-14-3-1-2-7-16(31-28(40)19-10-6-13-22(34)25(19)37)15-30-27(39)18-9-5-12-21(33)24(18)36/h4-6,8-13,16,32-37H,1-3,7,14-15H2,(H,29,38)(H,30,39)(H,31,40). The largest absolute Gasteiger partial charge is 0.504 e. The number of hydrogen-bond acceptors (Lipinski definition) is 9. The molecule has 0 radical (unpaired) electrons. The summed E-state index contributed by atoms with van der Waals surface area (Å²) >= 11 is 0. The molecule has 0 heterocycles. The molecular formula is C28H31N3O9. The fourth-order valence-electron chi connectivity index (χ4n) is 3.93. The third-order valence-corrected chi connectivity index (χ3v) is 6.14. The van der Waals surface area contributed by atoms with Crippen molar-refractivity contribution in [2.75, 3.05) is 13.1 Å². The Hall–Kier alpha value is -5.13. The number of hydrogen-bond donors (Lipinski definition) is 9. The van der Waals surface area contributed by atoms with Gasteiger partial charge in [0, 0.05) is 19.1 Å². The number of para-hydroxylation sites is 3. The second-order valence-corrected chi connectivity index (χ2v) is 9.01. The maximum absolute atomic E-state index is 12.8. The minimum atomic E-state index is -0.675. The van der Waals surface area contributed by atoms with E-state index < -0.39 is 58.3 Å². The summed E-state index contributed by atoms with van der Waals surface area (Å²) in [6.45, 7) is 0.238. The lowest BCUT2D eigenvalue weighted by molar-refractivity contribution is 0.0902. The fraction of sp³-hybridized carbons (Fsp3) is 0.250. The molecule has 0 saturated carbocycles. The molecule has 1 atom stereocenters. The number of nitrogens with one attached hydrogen (secondary N) is 3. The molecule has 3 aromatic rings. The normalized spacial score (nSPS) is 11.4. The summed E-state index contributed by atoms with van der Waals surface area (Å²) in [6, 6.07) is 11.4. The van der Waals surface area contributed by atoms with Crippen molar-refractivity contribution < 1.29 is 45.0 Å². The van der Waals surface area contributed by atoms with Gasteiger partial charge in [0.25, 0.3) is 17.7 Å². The van der Waals surface area contributed by atoms with E-state index in [1.54, 1.807) is 0 Å². The Labute approximate surface area is 229 Å². The van der Waals surface area contributed by atoms with Gasteiger partial charge in [-0.3, -0.25) is 14.4 Å². The van der Waals surface area contributed by atoms with E-state index in [9.17, 15) is 45.0 Å². The highest BCUT2D eigenvalue weighted by atomic mass is 16.3. The predicted octanol–water partition coefficient (Wildman–Crippen LogP) is 2.44. The molecule has 0 aliphatic carbocycles. The van der Waals surface area contributed by atoms with E-state index in [1.165, 1.54) is 54.6 Å². The molecule has 0 bridgehead atoms. The van der Waals surface area contributed by atoms with Crippen LogP contribution in [-0.2, 0) is 0 Å². The molecule has 0 saturated heterocycles. The number of phenolic OH excluding ortho intramolecular Hbond substituents is 6. The minimum Gasteiger partial charge on any atom is -0.504 e. The lowest BCUT2D eigenvalue weighted by Gasteiger charge is -2.20. The number of unbranched alkanes of at least 4 members (excludes halogenated alkanes) is 2. The molecule has 12 heteroatoms. The van der Waals surface area contributed by atoms with E-state index >= 15 is 0 Å². The summed E-state index contributed by atoms with van der Waals surface area (Å²) < 4.78 is 0. The van der Waals surface area contributed by atoms with Gasteiger partial charge in [-0.15, -0.1) is 0 Å². The van der Waals surface area contributed by atoms with E-state index in [2.05, 4.69) is 16.0 Å². The topological polar surface area (TPSA) is 209 Å². The zero-order valence-corrected chi connectivity index (χ0v) is 21.4. The fourth-order valence-corrected chi connectivity index (χ4v) is 3.93. The SMILES string of the molecule is O=C(NCCCCCC(CNC(=O)c1cccc(O)c1O)NC(=O)c1cccc(O)c1O)c1cccc(O)c1O. The molecule has 1 unspecified atom stereocenters. The van der Waals surface area contributed by atoms with Crippen LogP contribution in [0.5, 0.6) is 34.5 Å². The van der Waals surface area contributed by atoms with E-state index in [0.717, 1.165) is 0 Å². The first-order chi connectivity index (χ1) is 19.1. The Balaban J connectivity index is 1.56. The van der Waals surface area contributed by atoms with Crippen molar-refractivity contribution in [3.8, 4) is 34.5 Å². The molecule has 0 aliphatic rings. The van der Waals surface area contributed by atoms with Crippen molar-refractivity contribution in [2.45, 2.75) is 31.7 Å². The lowest BCUT2D eigenvalue weighted by atomic mass is 10.1. The summed E-state index contributed by atoms with van der Waals surface area (Å²) in [5, 5.41) is 66.7.